The molecular weight excluding hydrogens is 258 g/mol. The molecule has 1 aromatic heterocycles. The fourth-order valence-electron chi connectivity index (χ4n) is 3.71. The van der Waals surface area contributed by atoms with Gasteiger partial charge >= 0.3 is 0 Å². The van der Waals surface area contributed by atoms with E-state index in [9.17, 15) is 0 Å². The lowest BCUT2D eigenvalue weighted by molar-refractivity contribution is 0.0489. The molecule has 1 rings (SSSR count). The average molecular weight is 291 g/mol. The zero-order valence-corrected chi connectivity index (χ0v) is 14.7. The van der Waals surface area contributed by atoms with Crippen LogP contribution in [0.1, 0.15) is 64.6 Å². The van der Waals surface area contributed by atoms with Crippen molar-refractivity contribution in [1.29, 1.82) is 0 Å². The number of pyridine rings is 1. The quantitative estimate of drug-likeness (QED) is 0.747. The third-order valence-electron chi connectivity index (χ3n) is 4.95. The summed E-state index contributed by atoms with van der Waals surface area (Å²) in [6, 6.07) is 2.45. The van der Waals surface area contributed by atoms with Crippen molar-refractivity contribution in [1.82, 2.24) is 15.2 Å². The van der Waals surface area contributed by atoms with Gasteiger partial charge in [-0.3, -0.25) is 9.88 Å². The Bertz CT molecular complexity index is 409. The molecule has 0 aliphatic heterocycles. The van der Waals surface area contributed by atoms with E-state index in [1.54, 1.807) is 0 Å². The molecule has 0 saturated heterocycles. The van der Waals surface area contributed by atoms with E-state index in [1.807, 2.05) is 12.4 Å². The van der Waals surface area contributed by atoms with Crippen LogP contribution in [0.3, 0.4) is 0 Å². The van der Waals surface area contributed by atoms with Gasteiger partial charge in [0.05, 0.1) is 6.04 Å². The Kier molecular flexibility index (Phi) is 7.33. The third kappa shape index (κ3) is 3.64. The molecule has 120 valence electrons. The Morgan fingerprint density at radius 1 is 1.14 bits per heavy atom. The van der Waals surface area contributed by atoms with Gasteiger partial charge in [0.25, 0.3) is 0 Å². The summed E-state index contributed by atoms with van der Waals surface area (Å²) in [4.78, 5) is 7.00. The predicted octanol–water partition coefficient (Wildman–Crippen LogP) is 3.94. The molecule has 0 saturated carbocycles. The molecule has 0 aliphatic carbocycles. The Balaban J connectivity index is 3.36. The van der Waals surface area contributed by atoms with E-state index in [2.05, 4.69) is 62.8 Å². The van der Waals surface area contributed by atoms with Crippen LogP contribution in [0.25, 0.3) is 0 Å². The number of aryl methyl sites for hydroxylation is 1. The van der Waals surface area contributed by atoms with E-state index in [1.165, 1.54) is 11.1 Å². The number of nitrogens with zero attached hydrogens (tertiary/aromatic N) is 2. The summed E-state index contributed by atoms with van der Waals surface area (Å²) in [5.41, 5.74) is 2.82. The molecule has 1 atom stereocenters. The molecule has 0 bridgehead atoms. The van der Waals surface area contributed by atoms with Crippen LogP contribution in [0, 0.1) is 6.92 Å². The molecule has 1 heterocycles. The monoisotopic (exact) mass is 291 g/mol. The summed E-state index contributed by atoms with van der Waals surface area (Å²) >= 11 is 0. The maximum absolute atomic E-state index is 4.38. The fraction of sp³-hybridized carbons (Fsp3) is 0.722. The highest BCUT2D eigenvalue weighted by molar-refractivity contribution is 5.29. The van der Waals surface area contributed by atoms with Crippen LogP contribution >= 0.6 is 0 Å². The maximum atomic E-state index is 4.38. The first-order valence-corrected chi connectivity index (χ1v) is 8.50. The fourth-order valence-corrected chi connectivity index (χ4v) is 3.71. The molecule has 1 N–H and O–H groups in total. The van der Waals surface area contributed by atoms with Crippen LogP contribution in [0.4, 0.5) is 0 Å². The van der Waals surface area contributed by atoms with E-state index in [0.717, 1.165) is 32.5 Å². The number of rotatable bonds is 9. The number of hydrogen-bond donors (Lipinski definition) is 1. The highest BCUT2D eigenvalue weighted by Gasteiger charge is 2.40. The smallest absolute Gasteiger partial charge is 0.0524 e. The minimum absolute atomic E-state index is 0.146. The standard InChI is InChI=1S/C18H33N3/c1-7-18(8-2,21(10-4)11-5)17(20-9-3)16-14-19-13-12-15(16)6/h12-14,17,20H,7-11H2,1-6H3. The average Bonchev–Trinajstić information content (AvgIpc) is 2.52. The van der Waals surface area contributed by atoms with E-state index >= 15 is 0 Å². The molecular formula is C18H33N3. The lowest BCUT2D eigenvalue weighted by Gasteiger charge is -2.48. The first kappa shape index (κ1) is 18.1. The van der Waals surface area contributed by atoms with Crippen LogP contribution in [0.15, 0.2) is 18.5 Å². The van der Waals surface area contributed by atoms with Crippen molar-refractivity contribution < 1.29 is 0 Å². The van der Waals surface area contributed by atoms with Crippen molar-refractivity contribution in [2.24, 2.45) is 0 Å². The van der Waals surface area contributed by atoms with Gasteiger partial charge in [0, 0.05) is 17.9 Å². The van der Waals surface area contributed by atoms with Gasteiger partial charge in [-0.1, -0.05) is 34.6 Å². The van der Waals surface area contributed by atoms with E-state index < -0.39 is 0 Å². The minimum atomic E-state index is 0.146. The van der Waals surface area contributed by atoms with Crippen molar-refractivity contribution in [3.05, 3.63) is 29.6 Å². The molecule has 0 aliphatic rings. The van der Waals surface area contributed by atoms with Gasteiger partial charge in [0.2, 0.25) is 0 Å². The van der Waals surface area contributed by atoms with Crippen molar-refractivity contribution in [3.8, 4) is 0 Å². The van der Waals surface area contributed by atoms with Gasteiger partial charge in [0.15, 0.2) is 0 Å². The Labute approximate surface area is 131 Å². The van der Waals surface area contributed by atoms with Gasteiger partial charge in [0.1, 0.15) is 0 Å². The van der Waals surface area contributed by atoms with Gasteiger partial charge in [-0.15, -0.1) is 0 Å². The third-order valence-corrected chi connectivity index (χ3v) is 4.95. The van der Waals surface area contributed by atoms with Crippen molar-refractivity contribution in [3.63, 3.8) is 0 Å². The van der Waals surface area contributed by atoms with E-state index in [-0.39, 0.29) is 5.54 Å². The molecule has 0 spiro atoms. The van der Waals surface area contributed by atoms with Gasteiger partial charge in [-0.05, 0) is 56.6 Å². The van der Waals surface area contributed by atoms with Crippen LogP contribution < -0.4 is 5.32 Å². The highest BCUT2D eigenvalue weighted by atomic mass is 15.2. The number of aromatic nitrogens is 1. The molecule has 3 heteroatoms. The predicted molar refractivity (Wildman–Crippen MR) is 91.6 cm³/mol. The topological polar surface area (TPSA) is 28.2 Å². The van der Waals surface area contributed by atoms with Crippen LogP contribution in [-0.4, -0.2) is 35.1 Å². The van der Waals surface area contributed by atoms with Gasteiger partial charge in [-0.25, -0.2) is 0 Å². The second-order valence-corrected chi connectivity index (χ2v) is 5.71. The summed E-state index contributed by atoms with van der Waals surface area (Å²) in [5, 5.41) is 3.75. The molecule has 0 fully saturated rings. The summed E-state index contributed by atoms with van der Waals surface area (Å²) in [5.74, 6) is 0. The normalized spacial score (nSPS) is 13.7. The van der Waals surface area contributed by atoms with Gasteiger partial charge < -0.3 is 5.32 Å². The SMILES string of the molecule is CCNC(c1cnccc1C)C(CC)(CC)N(CC)CC. The Morgan fingerprint density at radius 3 is 2.19 bits per heavy atom. The zero-order valence-electron chi connectivity index (χ0n) is 14.7. The lowest BCUT2D eigenvalue weighted by Crippen LogP contribution is -2.56. The molecule has 0 amide bonds. The van der Waals surface area contributed by atoms with Crippen molar-refractivity contribution in [2.45, 2.75) is 66.0 Å². The molecule has 1 unspecified atom stereocenters. The highest BCUT2D eigenvalue weighted by Crippen LogP contribution is 2.38. The second-order valence-electron chi connectivity index (χ2n) is 5.71. The zero-order chi connectivity index (χ0) is 15.9. The first-order valence-electron chi connectivity index (χ1n) is 8.50. The summed E-state index contributed by atoms with van der Waals surface area (Å²) in [6.45, 7) is 16.7. The lowest BCUT2D eigenvalue weighted by atomic mass is 9.78. The first-order chi connectivity index (χ1) is 10.1. The number of likely N-dealkylation sites (N-methyl/N-ethyl adjacent to an activating group) is 2. The molecule has 0 radical (unpaired) electrons. The van der Waals surface area contributed by atoms with E-state index in [4.69, 9.17) is 0 Å². The molecule has 0 aromatic carbocycles. The second kappa shape index (κ2) is 8.50. The van der Waals surface area contributed by atoms with Gasteiger partial charge in [-0.2, -0.15) is 0 Å². The minimum Gasteiger partial charge on any atom is -0.309 e. The largest absolute Gasteiger partial charge is 0.309 e. The van der Waals surface area contributed by atoms with Crippen molar-refractivity contribution >= 4 is 0 Å². The van der Waals surface area contributed by atoms with E-state index in [0.29, 0.717) is 6.04 Å². The number of nitrogens with one attached hydrogen (secondary N) is 1. The Morgan fingerprint density at radius 2 is 1.76 bits per heavy atom. The Hall–Kier alpha value is -0.930. The number of hydrogen-bond acceptors (Lipinski definition) is 3. The van der Waals surface area contributed by atoms with Crippen LogP contribution in [0.5, 0.6) is 0 Å². The molecule has 1 aromatic rings. The summed E-state index contributed by atoms with van der Waals surface area (Å²) in [7, 11) is 0. The summed E-state index contributed by atoms with van der Waals surface area (Å²) < 4.78 is 0. The molecule has 3 nitrogen and oxygen atoms in total. The van der Waals surface area contributed by atoms with Crippen LogP contribution in [-0.2, 0) is 0 Å². The molecule has 21 heavy (non-hydrogen) atoms. The van der Waals surface area contributed by atoms with Crippen LogP contribution in [0.2, 0.25) is 0 Å². The maximum Gasteiger partial charge on any atom is 0.0524 e. The van der Waals surface area contributed by atoms with Crippen molar-refractivity contribution in [2.75, 3.05) is 19.6 Å². The summed E-state index contributed by atoms with van der Waals surface area (Å²) in [6.07, 6.45) is 6.21.